The third-order valence-electron chi connectivity index (χ3n) is 6.10. The van der Waals surface area contributed by atoms with Gasteiger partial charge in [0.2, 0.25) is 0 Å². The first-order valence-corrected chi connectivity index (χ1v) is 14.5. The number of nitrogens with zero attached hydrogens (tertiary/aromatic N) is 4. The maximum absolute atomic E-state index is 12.8. The van der Waals surface area contributed by atoms with Gasteiger partial charge in [0.15, 0.2) is 21.7 Å². The van der Waals surface area contributed by atoms with Crippen molar-refractivity contribution in [3.05, 3.63) is 45.3 Å². The summed E-state index contributed by atoms with van der Waals surface area (Å²) in [6, 6.07) is 6.98. The number of Topliss-reactive ketones (excluding diaryl/α,β-unsaturated/α-hetero) is 1. The normalized spacial score (nSPS) is 18.0. The van der Waals surface area contributed by atoms with Gasteiger partial charge in [-0.3, -0.25) is 4.79 Å². The lowest BCUT2D eigenvalue weighted by atomic mass is 9.90. The van der Waals surface area contributed by atoms with E-state index in [1.807, 2.05) is 4.40 Å². The standard InChI is InChI=1S/C24H25ClN4O2S3/c1-4-10-32-22-26-21-19(16-11-24(3,5-2)31-12-18(16)34-21)20-27-28-23(29(20)22)33-13-17(30)14-6-8-15(25)9-7-14/h6-9H,4-5,10-13H2,1-3H3/t24-/m0/s1. The number of benzene rings is 1. The smallest absolute Gasteiger partial charge is 0.198 e. The Labute approximate surface area is 215 Å². The van der Waals surface area contributed by atoms with E-state index in [1.54, 1.807) is 47.4 Å². The minimum atomic E-state index is -0.184. The van der Waals surface area contributed by atoms with Gasteiger partial charge in [0.25, 0.3) is 0 Å². The van der Waals surface area contributed by atoms with Crippen LogP contribution in [-0.4, -0.2) is 42.5 Å². The summed E-state index contributed by atoms with van der Waals surface area (Å²) in [5, 5.41) is 12.4. The minimum Gasteiger partial charge on any atom is -0.369 e. The molecule has 3 aromatic heterocycles. The van der Waals surface area contributed by atoms with Crippen molar-refractivity contribution in [1.82, 2.24) is 19.6 Å². The third kappa shape index (κ3) is 4.48. The molecule has 0 spiro atoms. The van der Waals surface area contributed by atoms with Crippen LogP contribution in [0.25, 0.3) is 15.9 Å². The van der Waals surface area contributed by atoms with Gasteiger partial charge in [-0.1, -0.05) is 49.0 Å². The lowest BCUT2D eigenvalue weighted by Crippen LogP contribution is -2.33. The van der Waals surface area contributed by atoms with Crippen LogP contribution in [-0.2, 0) is 17.8 Å². The number of hydrogen-bond acceptors (Lipinski definition) is 8. The molecular formula is C24H25ClN4O2S3. The molecule has 0 radical (unpaired) electrons. The number of carbonyl (C=O) groups excluding carboxylic acids is 1. The number of fused-ring (bicyclic) bond motifs is 5. The summed E-state index contributed by atoms with van der Waals surface area (Å²) in [5.74, 6) is 1.24. The first-order valence-electron chi connectivity index (χ1n) is 11.3. The number of hydrogen-bond donors (Lipinski definition) is 0. The van der Waals surface area contributed by atoms with E-state index in [0.29, 0.717) is 22.3 Å². The molecule has 5 rings (SSSR count). The monoisotopic (exact) mass is 532 g/mol. The first kappa shape index (κ1) is 24.1. The van der Waals surface area contributed by atoms with Crippen LogP contribution in [0.15, 0.2) is 34.6 Å². The van der Waals surface area contributed by atoms with E-state index in [0.717, 1.165) is 46.0 Å². The zero-order valence-electron chi connectivity index (χ0n) is 19.3. The van der Waals surface area contributed by atoms with Gasteiger partial charge < -0.3 is 4.74 Å². The number of carbonyl (C=O) groups is 1. The van der Waals surface area contributed by atoms with Crippen LogP contribution in [0, 0.1) is 0 Å². The Hall–Kier alpha value is -1.65. The Balaban J connectivity index is 1.55. The van der Waals surface area contributed by atoms with Gasteiger partial charge in [-0.25, -0.2) is 9.38 Å². The van der Waals surface area contributed by atoms with Crippen LogP contribution in [0.1, 0.15) is 54.4 Å². The molecule has 34 heavy (non-hydrogen) atoms. The molecule has 10 heteroatoms. The van der Waals surface area contributed by atoms with E-state index in [1.165, 1.54) is 22.2 Å². The quantitative estimate of drug-likeness (QED) is 0.142. The highest BCUT2D eigenvalue weighted by atomic mass is 35.5. The van der Waals surface area contributed by atoms with E-state index in [4.69, 9.17) is 21.3 Å². The molecule has 4 heterocycles. The summed E-state index contributed by atoms with van der Waals surface area (Å²) in [7, 11) is 0. The van der Waals surface area contributed by atoms with Crippen molar-refractivity contribution in [3.63, 3.8) is 0 Å². The van der Waals surface area contributed by atoms with Crippen molar-refractivity contribution in [1.29, 1.82) is 0 Å². The van der Waals surface area contributed by atoms with Crippen molar-refractivity contribution < 1.29 is 9.53 Å². The fraction of sp³-hybridized carbons (Fsp3) is 0.417. The Morgan fingerprint density at radius 1 is 1.21 bits per heavy atom. The predicted molar refractivity (Wildman–Crippen MR) is 141 cm³/mol. The first-order chi connectivity index (χ1) is 16.4. The fourth-order valence-corrected chi connectivity index (χ4v) is 6.99. The Morgan fingerprint density at radius 2 is 2.00 bits per heavy atom. The van der Waals surface area contributed by atoms with Crippen LogP contribution in [0.2, 0.25) is 5.02 Å². The molecule has 178 valence electrons. The number of rotatable bonds is 8. The van der Waals surface area contributed by atoms with Crippen LogP contribution in [0.3, 0.4) is 0 Å². The second-order valence-corrected chi connectivity index (χ2v) is 12.1. The Kier molecular flexibility index (Phi) is 6.92. The van der Waals surface area contributed by atoms with Crippen molar-refractivity contribution in [2.45, 2.75) is 62.6 Å². The number of thioether (sulfide) groups is 2. The second-order valence-electron chi connectivity index (χ2n) is 8.56. The molecule has 0 saturated heterocycles. The molecule has 0 fully saturated rings. The molecule has 0 unspecified atom stereocenters. The SMILES string of the molecule is CCCSc1nc2sc3c(c2c2nnc(SCC(=O)c4ccc(Cl)cc4)n12)C[C@](C)(CC)OC3. The molecule has 6 nitrogen and oxygen atoms in total. The molecule has 1 atom stereocenters. The molecule has 0 saturated carbocycles. The van der Waals surface area contributed by atoms with Crippen LogP contribution >= 0.6 is 46.5 Å². The molecule has 1 aromatic carbocycles. The van der Waals surface area contributed by atoms with Crippen molar-refractivity contribution >= 4 is 68.1 Å². The van der Waals surface area contributed by atoms with Crippen LogP contribution < -0.4 is 0 Å². The topological polar surface area (TPSA) is 69.4 Å². The molecule has 0 N–H and O–H groups in total. The average Bonchev–Trinajstić information content (AvgIpc) is 3.42. The lowest BCUT2D eigenvalue weighted by molar-refractivity contribution is -0.0542. The Bertz CT molecular complexity index is 1370. The Morgan fingerprint density at radius 3 is 2.74 bits per heavy atom. The zero-order valence-corrected chi connectivity index (χ0v) is 22.5. The van der Waals surface area contributed by atoms with Gasteiger partial charge >= 0.3 is 0 Å². The third-order valence-corrected chi connectivity index (χ3v) is 9.53. The maximum atomic E-state index is 12.8. The number of ketones is 1. The molecular weight excluding hydrogens is 508 g/mol. The predicted octanol–water partition coefficient (Wildman–Crippen LogP) is 6.71. The number of aromatic nitrogens is 4. The van der Waals surface area contributed by atoms with E-state index in [9.17, 15) is 4.79 Å². The molecule has 0 bridgehead atoms. The van der Waals surface area contributed by atoms with Crippen molar-refractivity contribution in [3.8, 4) is 0 Å². The van der Waals surface area contributed by atoms with E-state index < -0.39 is 0 Å². The highest BCUT2D eigenvalue weighted by molar-refractivity contribution is 8.00. The number of halogens is 1. The van der Waals surface area contributed by atoms with Gasteiger partial charge in [-0.05, 0) is 49.6 Å². The summed E-state index contributed by atoms with van der Waals surface area (Å²) in [4.78, 5) is 20.0. The van der Waals surface area contributed by atoms with E-state index >= 15 is 0 Å². The van der Waals surface area contributed by atoms with E-state index in [2.05, 4.69) is 31.0 Å². The molecule has 0 aliphatic carbocycles. The molecule has 1 aliphatic heterocycles. The molecule has 1 aliphatic rings. The largest absolute Gasteiger partial charge is 0.369 e. The summed E-state index contributed by atoms with van der Waals surface area (Å²) >= 11 is 10.8. The van der Waals surface area contributed by atoms with Gasteiger partial charge in [-0.15, -0.1) is 21.5 Å². The zero-order chi connectivity index (χ0) is 23.9. The minimum absolute atomic E-state index is 0.0268. The summed E-state index contributed by atoms with van der Waals surface area (Å²) in [5.41, 5.74) is 2.55. The molecule has 4 aromatic rings. The van der Waals surface area contributed by atoms with Crippen molar-refractivity contribution in [2.75, 3.05) is 11.5 Å². The van der Waals surface area contributed by atoms with E-state index in [-0.39, 0.29) is 17.1 Å². The number of thiophene rings is 1. The summed E-state index contributed by atoms with van der Waals surface area (Å²) in [6.45, 7) is 7.09. The highest BCUT2D eigenvalue weighted by Gasteiger charge is 2.33. The van der Waals surface area contributed by atoms with Gasteiger partial charge in [-0.2, -0.15) is 0 Å². The highest BCUT2D eigenvalue weighted by Crippen LogP contribution is 2.42. The van der Waals surface area contributed by atoms with Gasteiger partial charge in [0, 0.05) is 27.6 Å². The maximum Gasteiger partial charge on any atom is 0.198 e. The summed E-state index contributed by atoms with van der Waals surface area (Å²) in [6.07, 6.45) is 2.82. The number of ether oxygens (including phenoxy) is 1. The lowest BCUT2D eigenvalue weighted by Gasteiger charge is -2.33. The van der Waals surface area contributed by atoms with Gasteiger partial charge in [0.05, 0.1) is 23.3 Å². The second kappa shape index (κ2) is 9.78. The van der Waals surface area contributed by atoms with Crippen LogP contribution in [0.5, 0.6) is 0 Å². The summed E-state index contributed by atoms with van der Waals surface area (Å²) < 4.78 is 8.22. The average molecular weight is 533 g/mol. The van der Waals surface area contributed by atoms with Crippen LogP contribution in [0.4, 0.5) is 0 Å². The fourth-order valence-electron chi connectivity index (χ4n) is 3.98. The molecule has 0 amide bonds. The van der Waals surface area contributed by atoms with Crippen molar-refractivity contribution in [2.24, 2.45) is 0 Å². The van der Waals surface area contributed by atoms with Gasteiger partial charge in [0.1, 0.15) is 4.83 Å².